The van der Waals surface area contributed by atoms with Crippen LogP contribution in [0.2, 0.25) is 0 Å². The molecule has 0 fully saturated rings. The quantitative estimate of drug-likeness (QED) is 0.214. The first-order valence-electron chi connectivity index (χ1n) is 14.8. The lowest BCUT2D eigenvalue weighted by Crippen LogP contribution is -2.56. The van der Waals surface area contributed by atoms with Crippen molar-refractivity contribution in [2.75, 3.05) is 10.8 Å². The highest BCUT2D eigenvalue weighted by Gasteiger charge is 2.35. The number of halogens is 1. The zero-order valence-corrected chi connectivity index (χ0v) is 27.1. The number of nitrogens with one attached hydrogen (secondary N) is 1. The maximum atomic E-state index is 14.5. The van der Waals surface area contributed by atoms with Crippen LogP contribution in [0.1, 0.15) is 43.0 Å². The molecule has 9 heteroatoms. The van der Waals surface area contributed by atoms with Crippen LogP contribution in [0.25, 0.3) is 0 Å². The van der Waals surface area contributed by atoms with Crippen LogP contribution in [-0.4, -0.2) is 43.3 Å². The Kier molecular flexibility index (Phi) is 10.4. The molecule has 4 rings (SSSR count). The largest absolute Gasteiger partial charge is 0.350 e. The fraction of sp³-hybridized carbons (Fsp3) is 0.278. The fourth-order valence-electron chi connectivity index (χ4n) is 4.87. The average Bonchev–Trinajstić information content (AvgIpc) is 2.99. The van der Waals surface area contributed by atoms with Crippen LogP contribution in [0.4, 0.5) is 10.1 Å². The van der Waals surface area contributed by atoms with Gasteiger partial charge in [0.05, 0.1) is 10.6 Å². The summed E-state index contributed by atoms with van der Waals surface area (Å²) in [5.41, 5.74) is 3.28. The van der Waals surface area contributed by atoms with Gasteiger partial charge in [-0.3, -0.25) is 13.9 Å². The number of hydrogen-bond acceptors (Lipinski definition) is 4. The lowest BCUT2D eigenvalue weighted by molar-refractivity contribution is -0.140. The third-order valence-corrected chi connectivity index (χ3v) is 9.03. The third-order valence-electron chi connectivity index (χ3n) is 7.25. The summed E-state index contributed by atoms with van der Waals surface area (Å²) in [6.07, 6.45) is 0.218. The summed E-state index contributed by atoms with van der Waals surface area (Å²) < 4.78 is 42.8. The maximum Gasteiger partial charge on any atom is 0.264 e. The number of benzene rings is 4. The number of rotatable bonds is 11. The molecule has 45 heavy (non-hydrogen) atoms. The Bertz CT molecular complexity index is 1700. The van der Waals surface area contributed by atoms with Crippen molar-refractivity contribution in [1.29, 1.82) is 0 Å². The molecule has 4 aromatic rings. The van der Waals surface area contributed by atoms with Gasteiger partial charge in [-0.1, -0.05) is 77.9 Å². The monoisotopic (exact) mass is 629 g/mol. The van der Waals surface area contributed by atoms with E-state index in [4.69, 9.17) is 0 Å². The number of carbonyl (C=O) groups is 2. The van der Waals surface area contributed by atoms with Crippen molar-refractivity contribution in [3.05, 3.63) is 131 Å². The van der Waals surface area contributed by atoms with Crippen molar-refractivity contribution in [2.45, 2.75) is 64.1 Å². The minimum Gasteiger partial charge on any atom is -0.350 e. The Labute approximate surface area is 265 Å². The third kappa shape index (κ3) is 9.01. The highest BCUT2D eigenvalue weighted by molar-refractivity contribution is 7.92. The van der Waals surface area contributed by atoms with E-state index in [1.54, 1.807) is 24.3 Å². The van der Waals surface area contributed by atoms with Gasteiger partial charge in [0.2, 0.25) is 11.8 Å². The molecule has 0 aliphatic rings. The van der Waals surface area contributed by atoms with Crippen LogP contribution in [0.3, 0.4) is 0 Å². The zero-order valence-electron chi connectivity index (χ0n) is 26.3. The lowest BCUT2D eigenvalue weighted by atomic mass is 10.0. The van der Waals surface area contributed by atoms with E-state index in [1.165, 1.54) is 17.0 Å². The van der Waals surface area contributed by atoms with Crippen LogP contribution in [-0.2, 0) is 32.6 Å². The Morgan fingerprint density at radius 1 is 0.778 bits per heavy atom. The lowest BCUT2D eigenvalue weighted by Gasteiger charge is -2.35. The Morgan fingerprint density at radius 2 is 1.33 bits per heavy atom. The van der Waals surface area contributed by atoms with Crippen molar-refractivity contribution in [1.82, 2.24) is 10.2 Å². The van der Waals surface area contributed by atoms with Gasteiger partial charge in [0.1, 0.15) is 18.4 Å². The molecule has 0 saturated carbocycles. The van der Waals surface area contributed by atoms with Gasteiger partial charge in [0, 0.05) is 18.5 Å². The number of amides is 2. The molecule has 0 aliphatic carbocycles. The second-order valence-corrected chi connectivity index (χ2v) is 14.1. The number of nitrogens with zero attached hydrogens (tertiary/aromatic N) is 2. The zero-order chi connectivity index (χ0) is 32.8. The van der Waals surface area contributed by atoms with Crippen molar-refractivity contribution in [3.63, 3.8) is 0 Å². The van der Waals surface area contributed by atoms with E-state index in [0.29, 0.717) is 0 Å². The van der Waals surface area contributed by atoms with E-state index >= 15 is 0 Å². The Morgan fingerprint density at radius 3 is 1.89 bits per heavy atom. The summed E-state index contributed by atoms with van der Waals surface area (Å²) in [4.78, 5) is 29.7. The molecule has 0 aliphatic heterocycles. The molecular formula is C36H40FN3O4S. The molecule has 0 bridgehead atoms. The van der Waals surface area contributed by atoms with Gasteiger partial charge >= 0.3 is 0 Å². The summed E-state index contributed by atoms with van der Waals surface area (Å²) in [5, 5.41) is 3.02. The molecule has 2 amide bonds. The van der Waals surface area contributed by atoms with Crippen LogP contribution >= 0.6 is 0 Å². The van der Waals surface area contributed by atoms with Crippen LogP contribution < -0.4 is 9.62 Å². The van der Waals surface area contributed by atoms with Gasteiger partial charge in [-0.15, -0.1) is 0 Å². The number of hydrogen-bond donors (Lipinski definition) is 1. The number of aryl methyl sites for hydroxylation is 2. The standard InChI is InChI=1S/C36H40FN3O4S/c1-26-11-15-29(16-12-26)24-39(33(35(42)38-36(3,4)5)23-28-9-7-6-8-10-28)34(41)25-40(31-19-13-27(2)14-20-31)45(43,44)32-21-17-30(37)18-22-32/h6-22,33H,23-25H2,1-5H3,(H,38,42). The molecule has 0 heterocycles. The molecule has 4 aromatic carbocycles. The fourth-order valence-corrected chi connectivity index (χ4v) is 6.28. The molecule has 0 radical (unpaired) electrons. The second-order valence-electron chi connectivity index (χ2n) is 12.3. The Balaban J connectivity index is 1.81. The molecule has 0 aromatic heterocycles. The van der Waals surface area contributed by atoms with E-state index < -0.39 is 39.9 Å². The summed E-state index contributed by atoms with van der Waals surface area (Å²) >= 11 is 0. The van der Waals surface area contributed by atoms with Crippen molar-refractivity contribution in [3.8, 4) is 0 Å². The number of carbonyl (C=O) groups excluding carboxylic acids is 2. The molecule has 1 atom stereocenters. The molecule has 0 spiro atoms. The summed E-state index contributed by atoms with van der Waals surface area (Å²) in [7, 11) is -4.31. The van der Waals surface area contributed by atoms with Gasteiger partial charge in [-0.25, -0.2) is 12.8 Å². The molecule has 236 valence electrons. The first-order valence-corrected chi connectivity index (χ1v) is 16.2. The maximum absolute atomic E-state index is 14.5. The summed E-state index contributed by atoms with van der Waals surface area (Å²) in [6.45, 7) is 8.93. The minimum absolute atomic E-state index is 0.0759. The smallest absolute Gasteiger partial charge is 0.264 e. The van der Waals surface area contributed by atoms with Gasteiger partial charge in [-0.2, -0.15) is 0 Å². The van der Waals surface area contributed by atoms with Crippen molar-refractivity contribution < 1.29 is 22.4 Å². The predicted molar refractivity (Wildman–Crippen MR) is 176 cm³/mol. The normalized spacial score (nSPS) is 12.3. The van der Waals surface area contributed by atoms with Crippen LogP contribution in [0.15, 0.2) is 108 Å². The SMILES string of the molecule is Cc1ccc(CN(C(=O)CN(c2ccc(C)cc2)S(=O)(=O)c2ccc(F)cc2)C(Cc2ccccc2)C(=O)NC(C)(C)C)cc1. The molecule has 7 nitrogen and oxygen atoms in total. The molecule has 0 saturated heterocycles. The summed E-state index contributed by atoms with van der Waals surface area (Å²) in [6, 6.07) is 27.3. The van der Waals surface area contributed by atoms with Crippen LogP contribution in [0, 0.1) is 19.7 Å². The first kappa shape index (κ1) is 33.4. The molecule has 1 N–H and O–H groups in total. The van der Waals surface area contributed by atoms with Gasteiger partial charge in [-0.05, 0) is 82.1 Å². The van der Waals surface area contributed by atoms with E-state index in [2.05, 4.69) is 5.32 Å². The summed E-state index contributed by atoms with van der Waals surface area (Å²) in [5.74, 6) is -1.49. The minimum atomic E-state index is -4.31. The van der Waals surface area contributed by atoms with Crippen molar-refractivity contribution >= 4 is 27.5 Å². The van der Waals surface area contributed by atoms with Crippen molar-refractivity contribution in [2.24, 2.45) is 0 Å². The molecule has 1 unspecified atom stereocenters. The van der Waals surface area contributed by atoms with Gasteiger partial charge in [0.15, 0.2) is 0 Å². The first-order chi connectivity index (χ1) is 21.2. The predicted octanol–water partition coefficient (Wildman–Crippen LogP) is 6.19. The second kappa shape index (κ2) is 14.1. The highest BCUT2D eigenvalue weighted by atomic mass is 32.2. The van der Waals surface area contributed by atoms with Crippen LogP contribution in [0.5, 0.6) is 0 Å². The Hall–Kier alpha value is -4.50. The highest BCUT2D eigenvalue weighted by Crippen LogP contribution is 2.26. The van der Waals surface area contributed by atoms with E-state index in [9.17, 15) is 22.4 Å². The van der Waals surface area contributed by atoms with E-state index in [0.717, 1.165) is 38.7 Å². The van der Waals surface area contributed by atoms with Gasteiger partial charge < -0.3 is 10.2 Å². The average molecular weight is 630 g/mol. The molecular weight excluding hydrogens is 589 g/mol. The van der Waals surface area contributed by atoms with E-state index in [1.807, 2.05) is 89.2 Å². The number of sulfonamides is 1. The van der Waals surface area contributed by atoms with Gasteiger partial charge in [0.25, 0.3) is 10.0 Å². The topological polar surface area (TPSA) is 86.8 Å². The number of anilines is 1. The van der Waals surface area contributed by atoms with E-state index in [-0.39, 0.29) is 29.5 Å².